The lowest BCUT2D eigenvalue weighted by Crippen LogP contribution is -2.53. The molecule has 158 valence electrons. The van der Waals surface area contributed by atoms with E-state index in [2.05, 4.69) is 15.4 Å². The summed E-state index contributed by atoms with van der Waals surface area (Å²) in [7, 11) is 0. The summed E-state index contributed by atoms with van der Waals surface area (Å²) in [4.78, 5) is 47.7. The molecule has 4 rings (SSSR count). The van der Waals surface area contributed by atoms with Crippen molar-refractivity contribution in [1.29, 1.82) is 0 Å². The molecule has 1 atom stereocenters. The van der Waals surface area contributed by atoms with E-state index >= 15 is 0 Å². The van der Waals surface area contributed by atoms with Gasteiger partial charge in [-0.1, -0.05) is 44.3 Å². The van der Waals surface area contributed by atoms with Crippen LogP contribution in [0, 0.1) is 5.92 Å². The maximum Gasteiger partial charge on any atom is 0.274 e. The Bertz CT molecular complexity index is 1120. The zero-order chi connectivity index (χ0) is 22.3. The average molecular weight is 436 g/mol. The second-order valence-corrected chi connectivity index (χ2v) is 7.82. The molecule has 1 aromatic carbocycles. The largest absolute Gasteiger partial charge is 0.278 e. The maximum atomic E-state index is 13.4. The summed E-state index contributed by atoms with van der Waals surface area (Å²) >= 11 is 5.10. The molecule has 0 saturated carbocycles. The lowest BCUT2D eigenvalue weighted by molar-refractivity contribution is -0.126. The number of nitrogens with one attached hydrogen (secondary N) is 1. The van der Waals surface area contributed by atoms with Gasteiger partial charge < -0.3 is 0 Å². The van der Waals surface area contributed by atoms with Crippen LogP contribution in [0.1, 0.15) is 36.8 Å². The zero-order valence-corrected chi connectivity index (χ0v) is 18.0. The number of rotatable bonds is 7. The van der Waals surface area contributed by atoms with Gasteiger partial charge in [0.2, 0.25) is 6.41 Å². The van der Waals surface area contributed by atoms with Crippen molar-refractivity contribution in [3.8, 4) is 0 Å². The van der Waals surface area contributed by atoms with Crippen molar-refractivity contribution >= 4 is 53.1 Å². The number of aromatic nitrogens is 1. The van der Waals surface area contributed by atoms with Crippen LogP contribution in [0.4, 0.5) is 11.4 Å². The van der Waals surface area contributed by atoms with Crippen LogP contribution in [0.15, 0.2) is 47.6 Å². The second kappa shape index (κ2) is 7.55. The van der Waals surface area contributed by atoms with Gasteiger partial charge in [0.15, 0.2) is 5.84 Å². The van der Waals surface area contributed by atoms with Crippen LogP contribution in [0.3, 0.4) is 0 Å². The van der Waals surface area contributed by atoms with E-state index in [0.29, 0.717) is 23.5 Å². The van der Waals surface area contributed by atoms with Crippen molar-refractivity contribution in [3.63, 3.8) is 0 Å². The maximum absolute atomic E-state index is 13.4. The molecular weight excluding hydrogens is 416 g/mol. The van der Waals surface area contributed by atoms with E-state index in [1.165, 1.54) is 26.7 Å². The van der Waals surface area contributed by atoms with E-state index < -0.39 is 5.54 Å². The van der Waals surface area contributed by atoms with Gasteiger partial charge >= 0.3 is 0 Å². The van der Waals surface area contributed by atoms with Gasteiger partial charge in [-0.05, 0) is 31.0 Å². The third kappa shape index (κ3) is 2.98. The number of hydrogen-bond acceptors (Lipinski definition) is 6. The Balaban J connectivity index is 1.74. The number of hydrogen-bond donors (Lipinski definition) is 1. The van der Waals surface area contributed by atoms with Gasteiger partial charge in [0.05, 0.1) is 16.9 Å². The minimum absolute atomic E-state index is 0.156. The Morgan fingerprint density at radius 1 is 1.19 bits per heavy atom. The number of nitrogens with zero attached hydrogens (tertiary/aromatic N) is 5. The predicted octanol–water partition coefficient (Wildman–Crippen LogP) is 2.40. The number of para-hydroxylation sites is 1. The number of hydrazine groups is 2. The normalized spacial score (nSPS) is 19.1. The number of amidine groups is 1. The highest BCUT2D eigenvalue weighted by Gasteiger charge is 2.57. The third-order valence-corrected chi connectivity index (χ3v) is 5.91. The highest BCUT2D eigenvalue weighted by molar-refractivity contribution is 7.78. The second-order valence-electron chi connectivity index (χ2n) is 7.61. The Labute approximate surface area is 184 Å². The molecule has 0 saturated heterocycles. The minimum atomic E-state index is -1.09. The number of fused-ring (bicyclic) bond motifs is 3. The molecule has 2 aliphatic heterocycles. The van der Waals surface area contributed by atoms with E-state index in [4.69, 9.17) is 12.2 Å². The van der Waals surface area contributed by atoms with Crippen LogP contribution in [-0.2, 0) is 9.59 Å². The fourth-order valence-electron chi connectivity index (χ4n) is 3.67. The number of carbonyl (C=O) groups is 3. The molecule has 10 heteroatoms. The summed E-state index contributed by atoms with van der Waals surface area (Å²) in [6.45, 7) is 5.45. The van der Waals surface area contributed by atoms with E-state index in [9.17, 15) is 14.4 Å². The molecule has 9 nitrogen and oxygen atoms in total. The van der Waals surface area contributed by atoms with Crippen LogP contribution in [0.2, 0.25) is 0 Å². The predicted molar refractivity (Wildman–Crippen MR) is 119 cm³/mol. The quantitative estimate of drug-likeness (QED) is 0.404. The van der Waals surface area contributed by atoms with Crippen molar-refractivity contribution in [2.24, 2.45) is 10.9 Å². The molecule has 2 aromatic rings. The first-order valence-electron chi connectivity index (χ1n) is 9.62. The first-order valence-corrected chi connectivity index (χ1v) is 10.1. The highest BCUT2D eigenvalue weighted by atomic mass is 32.1. The number of aliphatic imine (C=N–C) groups is 1. The zero-order valence-electron chi connectivity index (χ0n) is 17.1. The summed E-state index contributed by atoms with van der Waals surface area (Å²) in [6, 6.07) is 10.5. The molecule has 31 heavy (non-hydrogen) atoms. The molecule has 0 radical (unpaired) electrons. The van der Waals surface area contributed by atoms with Crippen LogP contribution in [0.25, 0.3) is 0 Å². The monoisotopic (exact) mass is 436 g/mol. The van der Waals surface area contributed by atoms with Gasteiger partial charge in [0.1, 0.15) is 16.7 Å². The molecule has 2 aliphatic rings. The van der Waals surface area contributed by atoms with Crippen LogP contribution in [0.5, 0.6) is 0 Å². The van der Waals surface area contributed by atoms with Gasteiger partial charge in [-0.3, -0.25) is 29.7 Å². The number of pyridine rings is 1. The molecule has 0 spiro atoms. The van der Waals surface area contributed by atoms with E-state index in [1.807, 2.05) is 19.9 Å². The fourth-order valence-corrected chi connectivity index (χ4v) is 3.82. The summed E-state index contributed by atoms with van der Waals surface area (Å²) in [5.74, 6) is -0.660. The van der Waals surface area contributed by atoms with Crippen LogP contribution >= 0.6 is 12.2 Å². The average Bonchev–Trinajstić information content (AvgIpc) is 3.21. The Morgan fingerprint density at radius 2 is 1.90 bits per heavy atom. The van der Waals surface area contributed by atoms with Gasteiger partial charge in [-0.25, -0.2) is 5.01 Å². The number of benzene rings is 1. The summed E-state index contributed by atoms with van der Waals surface area (Å²) < 4.78 is 0. The van der Waals surface area contributed by atoms with Crippen molar-refractivity contribution in [2.75, 3.05) is 10.4 Å². The third-order valence-electron chi connectivity index (χ3n) is 5.71. The Morgan fingerprint density at radius 3 is 2.52 bits per heavy atom. The van der Waals surface area contributed by atoms with E-state index in [1.54, 1.807) is 37.3 Å². The van der Waals surface area contributed by atoms with Gasteiger partial charge in [-0.15, -0.1) is 0 Å². The van der Waals surface area contributed by atoms with Crippen molar-refractivity contribution in [3.05, 3.63) is 53.9 Å². The molecule has 1 unspecified atom stereocenters. The van der Waals surface area contributed by atoms with Crippen molar-refractivity contribution in [1.82, 2.24) is 15.0 Å². The lowest BCUT2D eigenvalue weighted by atomic mass is 9.87. The number of thiocarbonyl (C=S) groups is 1. The smallest absolute Gasteiger partial charge is 0.274 e. The highest BCUT2D eigenvalue weighted by Crippen LogP contribution is 2.41. The topological polar surface area (TPSA) is 98.2 Å². The molecular formula is C21H20N6O3S. The summed E-state index contributed by atoms with van der Waals surface area (Å²) in [6.07, 6.45) is 2.11. The summed E-state index contributed by atoms with van der Waals surface area (Å²) in [5, 5.41) is 2.55. The standard InChI is InChI=1S/C21H20N6O3S/c1-13(2)21(3)20(30)23-18-17-16(19(29)27(18)21)15(9-10-22-17)24-26(12-31)25(11-28)14-7-5-4-6-8-14/h4-13H,1-3H3,(H,22,24). The molecule has 0 aliphatic carbocycles. The van der Waals surface area contributed by atoms with Gasteiger partial charge in [-0.2, -0.15) is 10.1 Å². The first-order chi connectivity index (χ1) is 14.8. The molecule has 0 bridgehead atoms. The van der Waals surface area contributed by atoms with Crippen LogP contribution in [-0.4, -0.2) is 50.1 Å². The van der Waals surface area contributed by atoms with Crippen molar-refractivity contribution < 1.29 is 14.4 Å². The lowest BCUT2D eigenvalue weighted by Gasteiger charge is -2.34. The molecule has 3 amide bonds. The molecule has 0 fully saturated rings. The molecule has 1 aromatic heterocycles. The SMILES string of the molecule is CC(C)C1(C)C(=O)N=C2c3nccc(NN(C=S)N(C=O)c4ccccc4)c3C(=O)N21. The Hall–Kier alpha value is -3.66. The number of anilines is 2. The minimum Gasteiger partial charge on any atom is -0.278 e. The van der Waals surface area contributed by atoms with E-state index in [0.717, 1.165) is 0 Å². The van der Waals surface area contributed by atoms with Crippen molar-refractivity contribution in [2.45, 2.75) is 26.3 Å². The van der Waals surface area contributed by atoms with E-state index in [-0.39, 0.29) is 29.1 Å². The van der Waals surface area contributed by atoms with Gasteiger partial charge in [0, 0.05) is 6.20 Å². The van der Waals surface area contributed by atoms with Crippen LogP contribution < -0.4 is 10.4 Å². The number of amides is 3. The first kappa shape index (κ1) is 20.6. The van der Waals surface area contributed by atoms with Gasteiger partial charge in [0.25, 0.3) is 11.8 Å². The molecule has 3 heterocycles. The number of carbonyl (C=O) groups excluding carboxylic acids is 3. The summed E-state index contributed by atoms with van der Waals surface area (Å²) in [5.41, 5.74) is 4.70. The fraction of sp³-hybridized carbons (Fsp3) is 0.238. The molecule has 1 N–H and O–H groups in total. The Kier molecular flexibility index (Phi) is 5.02.